The number of ether oxygens (including phenoxy) is 1. The summed E-state index contributed by atoms with van der Waals surface area (Å²) in [6.07, 6.45) is 0.994. The summed E-state index contributed by atoms with van der Waals surface area (Å²) in [6.45, 7) is 2.91. The van der Waals surface area contributed by atoms with Crippen molar-refractivity contribution in [3.8, 4) is 0 Å². The number of thioether (sulfide) groups is 1. The molecule has 0 atom stereocenters. The van der Waals surface area contributed by atoms with Gasteiger partial charge in [0, 0.05) is 12.3 Å². The zero-order valence-corrected chi connectivity index (χ0v) is 17.8. The van der Waals surface area contributed by atoms with E-state index in [0.29, 0.717) is 21.4 Å². The van der Waals surface area contributed by atoms with Gasteiger partial charge in [-0.2, -0.15) is 11.8 Å². The summed E-state index contributed by atoms with van der Waals surface area (Å²) >= 11 is 13.4. The van der Waals surface area contributed by atoms with Crippen LogP contribution in [0.1, 0.15) is 27.9 Å². The number of methoxy groups -OCH3 is 1. The quantitative estimate of drug-likeness (QED) is 0.353. The minimum Gasteiger partial charge on any atom is -0.465 e. The van der Waals surface area contributed by atoms with Gasteiger partial charge in [0.25, 0.3) is 0 Å². The van der Waals surface area contributed by atoms with Gasteiger partial charge in [0.1, 0.15) is 0 Å². The molecule has 7 heteroatoms. The normalized spacial score (nSPS) is 10.3. The van der Waals surface area contributed by atoms with Crippen LogP contribution in [0.25, 0.3) is 0 Å². The van der Waals surface area contributed by atoms with E-state index in [1.807, 2.05) is 11.8 Å². The summed E-state index contributed by atoms with van der Waals surface area (Å²) in [7, 11) is 1.34. The van der Waals surface area contributed by atoms with Crippen molar-refractivity contribution >= 4 is 52.3 Å². The van der Waals surface area contributed by atoms with Gasteiger partial charge in [-0.15, -0.1) is 0 Å². The summed E-state index contributed by atoms with van der Waals surface area (Å²) in [5.41, 5.74) is 3.71. The number of rotatable bonds is 8. The lowest BCUT2D eigenvalue weighted by atomic mass is 10.1. The van der Waals surface area contributed by atoms with Crippen LogP contribution in [0.5, 0.6) is 0 Å². The second-order valence-electron chi connectivity index (χ2n) is 5.90. The number of hydrogen-bond acceptors (Lipinski definition) is 4. The highest BCUT2D eigenvalue weighted by Crippen LogP contribution is 2.23. The summed E-state index contributed by atoms with van der Waals surface area (Å²) in [4.78, 5) is 11.6. The highest BCUT2D eigenvalue weighted by atomic mass is 35.5. The molecule has 0 heterocycles. The maximum atomic E-state index is 11.6. The molecule has 0 unspecified atom stereocenters. The fourth-order valence-corrected chi connectivity index (χ4v) is 3.78. The van der Waals surface area contributed by atoms with Crippen LogP contribution in [0.3, 0.4) is 0 Å². The second kappa shape index (κ2) is 11.2. The zero-order valence-electron chi connectivity index (χ0n) is 15.4. The van der Waals surface area contributed by atoms with Crippen molar-refractivity contribution in [2.75, 3.05) is 24.7 Å². The fourth-order valence-electron chi connectivity index (χ4n) is 2.36. The summed E-state index contributed by atoms with van der Waals surface area (Å²) in [6, 6.07) is 13.3. The summed E-state index contributed by atoms with van der Waals surface area (Å²) in [5, 5.41) is 7.15. The third-order valence-corrected chi connectivity index (χ3v) is 5.57. The van der Waals surface area contributed by atoms with Crippen LogP contribution in [0.2, 0.25) is 5.02 Å². The van der Waals surface area contributed by atoms with Gasteiger partial charge in [0.05, 0.1) is 23.4 Å². The minimum absolute atomic E-state index is 0.416. The Morgan fingerprint density at radius 2 is 2.04 bits per heavy atom. The highest BCUT2D eigenvalue weighted by Gasteiger charge is 2.10. The van der Waals surface area contributed by atoms with Gasteiger partial charge >= 0.3 is 5.97 Å². The zero-order chi connectivity index (χ0) is 19.6. The molecule has 0 radical (unpaired) electrons. The molecule has 144 valence electrons. The number of thiocarbonyl (C=S) groups is 1. The maximum absolute atomic E-state index is 11.6. The maximum Gasteiger partial charge on any atom is 0.337 e. The van der Waals surface area contributed by atoms with E-state index in [0.717, 1.165) is 24.5 Å². The van der Waals surface area contributed by atoms with E-state index < -0.39 is 5.97 Å². The van der Waals surface area contributed by atoms with Gasteiger partial charge in [0.2, 0.25) is 0 Å². The molecule has 27 heavy (non-hydrogen) atoms. The molecule has 2 aromatic carbocycles. The first kappa shape index (κ1) is 21.5. The molecule has 0 aliphatic rings. The Kier molecular flexibility index (Phi) is 8.91. The molecule has 4 nitrogen and oxygen atoms in total. The van der Waals surface area contributed by atoms with Gasteiger partial charge in [-0.3, -0.25) is 0 Å². The van der Waals surface area contributed by atoms with Crippen LogP contribution in [0, 0.1) is 6.92 Å². The van der Waals surface area contributed by atoms with E-state index in [1.165, 1.54) is 18.2 Å². The lowest BCUT2D eigenvalue weighted by Crippen LogP contribution is -2.29. The Morgan fingerprint density at radius 3 is 2.78 bits per heavy atom. The van der Waals surface area contributed by atoms with Crippen molar-refractivity contribution in [1.29, 1.82) is 0 Å². The average molecular weight is 423 g/mol. The third kappa shape index (κ3) is 7.05. The van der Waals surface area contributed by atoms with Crippen LogP contribution < -0.4 is 10.6 Å². The monoisotopic (exact) mass is 422 g/mol. The Morgan fingerprint density at radius 1 is 1.26 bits per heavy atom. The molecule has 0 saturated heterocycles. The smallest absolute Gasteiger partial charge is 0.337 e. The molecule has 0 aliphatic carbocycles. The van der Waals surface area contributed by atoms with E-state index in [1.54, 1.807) is 18.2 Å². The van der Waals surface area contributed by atoms with Crippen molar-refractivity contribution in [2.45, 2.75) is 19.1 Å². The molecular formula is C20H23ClN2O2S2. The van der Waals surface area contributed by atoms with Crippen molar-refractivity contribution in [1.82, 2.24) is 5.32 Å². The van der Waals surface area contributed by atoms with Crippen LogP contribution >= 0.6 is 35.6 Å². The fraction of sp³-hybridized carbons (Fsp3) is 0.300. The van der Waals surface area contributed by atoms with E-state index in [4.69, 9.17) is 28.6 Å². The minimum atomic E-state index is -0.417. The van der Waals surface area contributed by atoms with Gasteiger partial charge < -0.3 is 15.4 Å². The first-order valence-electron chi connectivity index (χ1n) is 8.56. The second-order valence-corrected chi connectivity index (χ2v) is 7.82. The Labute approximate surface area is 175 Å². The van der Waals surface area contributed by atoms with Crippen LogP contribution in [0.4, 0.5) is 5.69 Å². The van der Waals surface area contributed by atoms with Crippen molar-refractivity contribution in [3.05, 3.63) is 64.2 Å². The Bertz CT molecular complexity index is 799. The van der Waals surface area contributed by atoms with E-state index in [9.17, 15) is 4.79 Å². The molecule has 0 amide bonds. The lowest BCUT2D eigenvalue weighted by Gasteiger charge is -2.12. The first-order chi connectivity index (χ1) is 13.0. The SMILES string of the molecule is COC(=O)c1ccc(Cl)c(NC(=S)NCCCSCc2ccccc2C)c1. The van der Waals surface area contributed by atoms with Gasteiger partial charge in [0.15, 0.2) is 5.11 Å². The summed E-state index contributed by atoms with van der Waals surface area (Å²) < 4.78 is 4.72. The van der Waals surface area contributed by atoms with E-state index in [-0.39, 0.29) is 0 Å². The number of carbonyl (C=O) groups excluding carboxylic acids is 1. The number of esters is 1. The van der Waals surface area contributed by atoms with E-state index >= 15 is 0 Å². The molecule has 0 aliphatic heterocycles. The Balaban J connectivity index is 1.70. The standard InChI is InChI=1S/C20H23ClN2O2S2/c1-14-6-3-4-7-16(14)13-27-11-5-10-22-20(26)23-18-12-15(19(24)25-2)8-9-17(18)21/h3-4,6-9,12H,5,10-11,13H2,1-2H3,(H2,22,23,26). The molecule has 0 spiro atoms. The van der Waals surface area contributed by atoms with Crippen LogP contribution in [-0.4, -0.2) is 30.5 Å². The predicted molar refractivity (Wildman–Crippen MR) is 119 cm³/mol. The predicted octanol–water partition coefficient (Wildman–Crippen LogP) is 5.04. The number of benzene rings is 2. The number of anilines is 1. The summed E-state index contributed by atoms with van der Waals surface area (Å²) in [5.74, 6) is 1.65. The third-order valence-electron chi connectivity index (χ3n) is 3.91. The van der Waals surface area contributed by atoms with E-state index in [2.05, 4.69) is 41.8 Å². The first-order valence-corrected chi connectivity index (χ1v) is 10.5. The number of nitrogens with one attached hydrogen (secondary N) is 2. The molecular weight excluding hydrogens is 400 g/mol. The molecule has 0 aromatic heterocycles. The molecule has 0 fully saturated rings. The highest BCUT2D eigenvalue weighted by molar-refractivity contribution is 7.98. The van der Waals surface area contributed by atoms with Gasteiger partial charge in [-0.25, -0.2) is 4.79 Å². The van der Waals surface area contributed by atoms with Crippen LogP contribution in [0.15, 0.2) is 42.5 Å². The van der Waals surface area contributed by atoms with Crippen molar-refractivity contribution in [2.24, 2.45) is 0 Å². The van der Waals surface area contributed by atoms with Gasteiger partial charge in [-0.1, -0.05) is 35.9 Å². The number of hydrogen-bond donors (Lipinski definition) is 2. The lowest BCUT2D eigenvalue weighted by molar-refractivity contribution is 0.0601. The number of aryl methyl sites for hydroxylation is 1. The van der Waals surface area contributed by atoms with Crippen molar-refractivity contribution in [3.63, 3.8) is 0 Å². The molecule has 2 rings (SSSR count). The number of halogens is 1. The average Bonchev–Trinajstić information content (AvgIpc) is 2.67. The topological polar surface area (TPSA) is 50.4 Å². The van der Waals surface area contributed by atoms with Crippen LogP contribution in [-0.2, 0) is 10.5 Å². The molecule has 2 aromatic rings. The molecule has 0 bridgehead atoms. The Hall–Kier alpha value is -1.76. The van der Waals surface area contributed by atoms with Crippen molar-refractivity contribution < 1.29 is 9.53 Å². The molecule has 2 N–H and O–H groups in total. The largest absolute Gasteiger partial charge is 0.465 e. The molecule has 0 saturated carbocycles. The van der Waals surface area contributed by atoms with Gasteiger partial charge in [-0.05, 0) is 60.6 Å². The number of carbonyl (C=O) groups is 1.